The van der Waals surface area contributed by atoms with Crippen LogP contribution in [0.25, 0.3) is 17.1 Å². The Morgan fingerprint density at radius 2 is 2.07 bits per heavy atom. The van der Waals surface area contributed by atoms with Crippen LogP contribution >= 0.6 is 11.8 Å². The Bertz CT molecular complexity index is 974. The van der Waals surface area contributed by atoms with E-state index in [4.69, 9.17) is 9.15 Å². The fraction of sp³-hybridized carbons (Fsp3) is 0.381. The number of benzene rings is 1. The van der Waals surface area contributed by atoms with Crippen LogP contribution in [0.15, 0.2) is 46.2 Å². The van der Waals surface area contributed by atoms with E-state index >= 15 is 0 Å². The topological polar surface area (TPSA) is 82.2 Å². The molecule has 1 amide bonds. The molecule has 0 radical (unpaired) electrons. The van der Waals surface area contributed by atoms with Crippen LogP contribution < -0.4 is 5.32 Å². The van der Waals surface area contributed by atoms with Gasteiger partial charge in [0.05, 0.1) is 23.7 Å². The van der Waals surface area contributed by atoms with Crippen LogP contribution in [0.4, 0.5) is 0 Å². The first-order valence-corrected chi connectivity index (χ1v) is 10.7. The summed E-state index contributed by atoms with van der Waals surface area (Å²) in [5.74, 6) is 1.70. The molecule has 3 heterocycles. The van der Waals surface area contributed by atoms with E-state index < -0.39 is 0 Å². The van der Waals surface area contributed by atoms with E-state index in [1.165, 1.54) is 17.3 Å². The predicted octanol–water partition coefficient (Wildman–Crippen LogP) is 3.53. The Balaban J connectivity index is 1.53. The average Bonchev–Trinajstić information content (AvgIpc) is 3.46. The van der Waals surface area contributed by atoms with Crippen molar-refractivity contribution in [2.75, 3.05) is 18.9 Å². The molecule has 1 saturated heterocycles. The van der Waals surface area contributed by atoms with Crippen LogP contribution in [0.1, 0.15) is 24.2 Å². The summed E-state index contributed by atoms with van der Waals surface area (Å²) in [6.07, 6.45) is 3.84. The van der Waals surface area contributed by atoms with E-state index in [1.807, 2.05) is 48.7 Å². The third kappa shape index (κ3) is 4.54. The molecule has 0 saturated carbocycles. The van der Waals surface area contributed by atoms with Gasteiger partial charge in [-0.05, 0) is 44.9 Å². The fourth-order valence-electron chi connectivity index (χ4n) is 3.30. The van der Waals surface area contributed by atoms with E-state index in [9.17, 15) is 4.79 Å². The van der Waals surface area contributed by atoms with Gasteiger partial charge < -0.3 is 14.5 Å². The molecule has 0 aliphatic carbocycles. The SMILES string of the molecule is Cc1ccc(-n2c(SCC(=O)NC[C@@H]3CCCO3)nnc2-c2ccoc2C)cc1. The second kappa shape index (κ2) is 8.84. The van der Waals surface area contributed by atoms with Gasteiger partial charge in [0, 0.05) is 18.8 Å². The molecule has 29 heavy (non-hydrogen) atoms. The summed E-state index contributed by atoms with van der Waals surface area (Å²) in [4.78, 5) is 12.3. The number of ether oxygens (including phenoxy) is 1. The first kappa shape index (κ1) is 19.7. The number of amides is 1. The quantitative estimate of drug-likeness (QED) is 0.598. The Hall–Kier alpha value is -2.58. The summed E-state index contributed by atoms with van der Waals surface area (Å²) in [7, 11) is 0. The first-order chi connectivity index (χ1) is 14.1. The molecular weight excluding hydrogens is 388 g/mol. The maximum absolute atomic E-state index is 12.3. The van der Waals surface area contributed by atoms with Gasteiger partial charge in [-0.25, -0.2) is 0 Å². The third-order valence-electron chi connectivity index (χ3n) is 4.91. The first-order valence-electron chi connectivity index (χ1n) is 9.70. The Kier molecular flexibility index (Phi) is 6.01. The van der Waals surface area contributed by atoms with Crippen molar-refractivity contribution in [3.63, 3.8) is 0 Å². The molecular formula is C21H24N4O3S. The lowest BCUT2D eigenvalue weighted by atomic mass is 10.2. The molecule has 1 aromatic carbocycles. The molecule has 8 heteroatoms. The highest BCUT2D eigenvalue weighted by Gasteiger charge is 2.20. The van der Waals surface area contributed by atoms with Gasteiger partial charge >= 0.3 is 0 Å². The van der Waals surface area contributed by atoms with Crippen LogP contribution in [0, 0.1) is 13.8 Å². The van der Waals surface area contributed by atoms with E-state index in [1.54, 1.807) is 6.26 Å². The molecule has 1 N–H and O–H groups in total. The number of aryl methyl sites for hydroxylation is 2. The molecule has 1 atom stereocenters. The molecule has 0 bridgehead atoms. The molecule has 152 valence electrons. The number of hydrogen-bond donors (Lipinski definition) is 1. The summed E-state index contributed by atoms with van der Waals surface area (Å²) in [6, 6.07) is 10.0. The van der Waals surface area contributed by atoms with Crippen molar-refractivity contribution in [1.29, 1.82) is 0 Å². The third-order valence-corrected chi connectivity index (χ3v) is 5.84. The lowest BCUT2D eigenvalue weighted by Crippen LogP contribution is -2.32. The zero-order valence-electron chi connectivity index (χ0n) is 16.6. The maximum atomic E-state index is 12.3. The lowest BCUT2D eigenvalue weighted by molar-refractivity contribution is -0.119. The smallest absolute Gasteiger partial charge is 0.230 e. The number of thioether (sulfide) groups is 1. The molecule has 1 fully saturated rings. The predicted molar refractivity (Wildman–Crippen MR) is 111 cm³/mol. The van der Waals surface area contributed by atoms with Crippen molar-refractivity contribution in [2.24, 2.45) is 0 Å². The van der Waals surface area contributed by atoms with Crippen LogP contribution in [0.5, 0.6) is 0 Å². The molecule has 0 spiro atoms. The molecule has 3 aromatic rings. The number of carbonyl (C=O) groups excluding carboxylic acids is 1. The van der Waals surface area contributed by atoms with Crippen molar-refractivity contribution in [1.82, 2.24) is 20.1 Å². The van der Waals surface area contributed by atoms with Gasteiger partial charge in [0.15, 0.2) is 11.0 Å². The van der Waals surface area contributed by atoms with E-state index in [0.717, 1.165) is 36.5 Å². The highest BCUT2D eigenvalue weighted by Crippen LogP contribution is 2.30. The van der Waals surface area contributed by atoms with Gasteiger partial charge in [-0.1, -0.05) is 29.5 Å². The number of nitrogens with zero attached hydrogens (tertiary/aromatic N) is 3. The second-order valence-electron chi connectivity index (χ2n) is 7.10. The zero-order valence-corrected chi connectivity index (χ0v) is 17.4. The highest BCUT2D eigenvalue weighted by atomic mass is 32.2. The Labute approximate surface area is 173 Å². The summed E-state index contributed by atoms with van der Waals surface area (Å²) in [6.45, 7) is 5.29. The standard InChI is InChI=1S/C21H24N4O3S/c1-14-5-7-16(8-6-14)25-20(18-9-11-27-15(18)2)23-24-21(25)29-13-19(26)22-12-17-4-3-10-28-17/h5-9,11,17H,3-4,10,12-13H2,1-2H3,(H,22,26)/t17-/m0/s1. The van der Waals surface area contributed by atoms with Gasteiger partial charge in [0.25, 0.3) is 0 Å². The molecule has 7 nitrogen and oxygen atoms in total. The molecule has 4 rings (SSSR count). The van der Waals surface area contributed by atoms with Crippen LogP contribution in [0.3, 0.4) is 0 Å². The van der Waals surface area contributed by atoms with Crippen LogP contribution in [-0.2, 0) is 9.53 Å². The average molecular weight is 413 g/mol. The summed E-state index contributed by atoms with van der Waals surface area (Å²) >= 11 is 1.37. The number of aromatic nitrogens is 3. The van der Waals surface area contributed by atoms with E-state index in [0.29, 0.717) is 17.5 Å². The number of nitrogens with one attached hydrogen (secondary N) is 1. The van der Waals surface area contributed by atoms with Gasteiger partial charge in [0.1, 0.15) is 5.76 Å². The fourth-order valence-corrected chi connectivity index (χ4v) is 4.08. The van der Waals surface area contributed by atoms with Gasteiger partial charge in [-0.15, -0.1) is 10.2 Å². The molecule has 2 aromatic heterocycles. The minimum Gasteiger partial charge on any atom is -0.469 e. The van der Waals surface area contributed by atoms with Crippen LogP contribution in [0.2, 0.25) is 0 Å². The van der Waals surface area contributed by atoms with Crippen molar-refractivity contribution >= 4 is 17.7 Å². The monoisotopic (exact) mass is 412 g/mol. The number of hydrogen-bond acceptors (Lipinski definition) is 6. The second-order valence-corrected chi connectivity index (χ2v) is 8.04. The highest BCUT2D eigenvalue weighted by molar-refractivity contribution is 7.99. The normalized spacial score (nSPS) is 16.3. The maximum Gasteiger partial charge on any atom is 0.230 e. The number of carbonyl (C=O) groups is 1. The van der Waals surface area contributed by atoms with E-state index in [-0.39, 0.29) is 17.8 Å². The van der Waals surface area contributed by atoms with Crippen molar-refractivity contribution in [3.8, 4) is 17.1 Å². The lowest BCUT2D eigenvalue weighted by Gasteiger charge is -2.12. The van der Waals surface area contributed by atoms with Crippen LogP contribution in [-0.4, -0.2) is 45.7 Å². The molecule has 1 aliphatic rings. The largest absolute Gasteiger partial charge is 0.469 e. The minimum absolute atomic E-state index is 0.0370. The van der Waals surface area contributed by atoms with Crippen molar-refractivity contribution in [3.05, 3.63) is 47.9 Å². The summed E-state index contributed by atoms with van der Waals surface area (Å²) in [5, 5.41) is 12.3. The van der Waals surface area contributed by atoms with Gasteiger partial charge in [0.2, 0.25) is 5.91 Å². The Morgan fingerprint density at radius 3 is 2.76 bits per heavy atom. The Morgan fingerprint density at radius 1 is 1.24 bits per heavy atom. The minimum atomic E-state index is -0.0370. The number of rotatable bonds is 7. The molecule has 0 unspecified atom stereocenters. The van der Waals surface area contributed by atoms with Gasteiger partial charge in [-0.3, -0.25) is 9.36 Å². The van der Waals surface area contributed by atoms with Crippen molar-refractivity contribution in [2.45, 2.75) is 37.9 Å². The summed E-state index contributed by atoms with van der Waals surface area (Å²) in [5.41, 5.74) is 3.00. The van der Waals surface area contributed by atoms with Crippen molar-refractivity contribution < 1.29 is 13.9 Å². The number of furan rings is 1. The molecule has 1 aliphatic heterocycles. The zero-order chi connectivity index (χ0) is 20.2. The summed E-state index contributed by atoms with van der Waals surface area (Å²) < 4.78 is 13.0. The van der Waals surface area contributed by atoms with Gasteiger partial charge in [-0.2, -0.15) is 0 Å². The van der Waals surface area contributed by atoms with E-state index in [2.05, 4.69) is 15.5 Å².